The third-order valence-electron chi connectivity index (χ3n) is 14.0. The molecule has 9 aliphatic rings. The Hall–Kier alpha value is -2.16. The molecule has 0 radical (unpaired) electrons. The third-order valence-corrected chi connectivity index (χ3v) is 14.0. The van der Waals surface area contributed by atoms with Crippen LogP contribution in [-0.2, 0) is 38.1 Å². The van der Waals surface area contributed by atoms with Crippen LogP contribution in [0.3, 0.4) is 0 Å². The molecule has 0 spiro atoms. The van der Waals surface area contributed by atoms with Gasteiger partial charge in [0.1, 0.15) is 11.2 Å². The van der Waals surface area contributed by atoms with Gasteiger partial charge in [-0.05, 0) is 161 Å². The average molecular weight is 717 g/mol. The molecule has 9 nitrogen and oxygen atoms in total. The van der Waals surface area contributed by atoms with Crippen LogP contribution in [0.15, 0.2) is 0 Å². The highest BCUT2D eigenvalue weighted by Gasteiger charge is 2.60. The van der Waals surface area contributed by atoms with E-state index in [2.05, 4.69) is 6.92 Å². The standard InChI is InChI=1S/C16H26O3.C16H26O2.C10H16O4/c1-4-14(2,3)13(17)19-16-8-11-5-12(9-16)7-15(18,6-11)10-16;1-4-15(2,3)14(17)18-16-8-11-5-12(9-16)7-13(6-11)10-16;1-4-10(2,3)9(12)14-7-5-6-13-8(7)11/h11-12,18H,4-10H2,1-3H3;11-13H,4-10H2,1-3H3;7H,4-6H2,1-3H3. The molecular weight excluding hydrogens is 648 g/mol. The summed E-state index contributed by atoms with van der Waals surface area (Å²) in [6, 6.07) is 0. The summed E-state index contributed by atoms with van der Waals surface area (Å²) in [4.78, 5) is 47.3. The fourth-order valence-corrected chi connectivity index (χ4v) is 10.4. The second-order valence-corrected chi connectivity index (χ2v) is 19.8. The molecule has 9 heteroatoms. The molecule has 8 bridgehead atoms. The Labute approximate surface area is 307 Å². The Kier molecular flexibility index (Phi) is 11.4. The second kappa shape index (κ2) is 14.6. The maximum Gasteiger partial charge on any atom is 0.347 e. The number of cyclic esters (lactones) is 1. The summed E-state index contributed by atoms with van der Waals surface area (Å²) in [5.74, 6) is 2.84. The van der Waals surface area contributed by atoms with E-state index < -0.39 is 28.5 Å². The molecule has 290 valence electrons. The smallest absolute Gasteiger partial charge is 0.347 e. The molecule has 8 saturated carbocycles. The first-order valence-electron chi connectivity index (χ1n) is 20.2. The van der Waals surface area contributed by atoms with Crippen LogP contribution in [0, 0.1) is 45.8 Å². The van der Waals surface area contributed by atoms with Crippen LogP contribution in [-0.4, -0.2) is 58.5 Å². The third kappa shape index (κ3) is 8.97. The molecule has 0 aromatic carbocycles. The number of carbonyl (C=O) groups is 4. The van der Waals surface area contributed by atoms with E-state index in [0.29, 0.717) is 37.7 Å². The lowest BCUT2D eigenvalue weighted by molar-refractivity contribution is -0.225. The Morgan fingerprint density at radius 1 is 0.647 bits per heavy atom. The quantitative estimate of drug-likeness (QED) is 0.185. The molecule has 9 rings (SSSR count). The zero-order valence-corrected chi connectivity index (χ0v) is 33.2. The van der Waals surface area contributed by atoms with Crippen LogP contribution >= 0.6 is 0 Å². The summed E-state index contributed by atoms with van der Waals surface area (Å²) in [5.41, 5.74) is -2.24. The first-order valence-corrected chi connectivity index (χ1v) is 20.2. The van der Waals surface area contributed by atoms with E-state index in [1.54, 1.807) is 13.8 Å². The molecule has 0 amide bonds. The largest absolute Gasteiger partial charge is 0.463 e. The minimum atomic E-state index is -0.687. The Morgan fingerprint density at radius 3 is 1.43 bits per heavy atom. The number of hydrogen-bond acceptors (Lipinski definition) is 9. The monoisotopic (exact) mass is 716 g/mol. The van der Waals surface area contributed by atoms with Gasteiger partial charge in [0.25, 0.3) is 0 Å². The highest BCUT2D eigenvalue weighted by Crippen LogP contribution is 2.60. The number of esters is 4. The van der Waals surface area contributed by atoms with E-state index in [4.69, 9.17) is 18.9 Å². The van der Waals surface area contributed by atoms with Crippen molar-refractivity contribution in [2.24, 2.45) is 45.8 Å². The summed E-state index contributed by atoms with van der Waals surface area (Å²) in [6.07, 6.45) is 15.4. The summed E-state index contributed by atoms with van der Waals surface area (Å²) >= 11 is 0. The topological polar surface area (TPSA) is 125 Å². The molecule has 0 aromatic heterocycles. The van der Waals surface area contributed by atoms with Gasteiger partial charge in [-0.3, -0.25) is 14.4 Å². The van der Waals surface area contributed by atoms with E-state index in [1.165, 1.54) is 25.7 Å². The van der Waals surface area contributed by atoms with Gasteiger partial charge in [-0.1, -0.05) is 20.8 Å². The Balaban J connectivity index is 0.000000150. The zero-order valence-electron chi connectivity index (χ0n) is 33.2. The van der Waals surface area contributed by atoms with Gasteiger partial charge in [0.05, 0.1) is 28.5 Å². The van der Waals surface area contributed by atoms with Crippen molar-refractivity contribution in [2.45, 2.75) is 188 Å². The number of aliphatic hydroxyl groups is 1. The zero-order chi connectivity index (χ0) is 37.6. The molecule has 1 heterocycles. The van der Waals surface area contributed by atoms with Crippen molar-refractivity contribution in [1.29, 1.82) is 0 Å². The van der Waals surface area contributed by atoms with E-state index in [0.717, 1.165) is 75.5 Å². The van der Waals surface area contributed by atoms with Gasteiger partial charge in [0.2, 0.25) is 6.10 Å². The van der Waals surface area contributed by atoms with Gasteiger partial charge < -0.3 is 24.1 Å². The van der Waals surface area contributed by atoms with Gasteiger partial charge in [-0.2, -0.15) is 0 Å². The molecule has 0 aromatic rings. The fraction of sp³-hybridized carbons (Fsp3) is 0.905. The Bertz CT molecular complexity index is 1260. The van der Waals surface area contributed by atoms with Crippen LogP contribution in [0.2, 0.25) is 0 Å². The lowest BCUT2D eigenvalue weighted by Crippen LogP contribution is -2.61. The van der Waals surface area contributed by atoms with Gasteiger partial charge in [-0.25, -0.2) is 4.79 Å². The molecule has 3 atom stereocenters. The molecule has 8 aliphatic carbocycles. The molecule has 3 unspecified atom stereocenters. The number of rotatable bonds is 9. The summed E-state index contributed by atoms with van der Waals surface area (Å²) < 4.78 is 21.8. The first kappa shape index (κ1) is 40.0. The van der Waals surface area contributed by atoms with Crippen LogP contribution in [0.25, 0.3) is 0 Å². The van der Waals surface area contributed by atoms with Crippen molar-refractivity contribution in [1.82, 2.24) is 0 Å². The summed E-state index contributed by atoms with van der Waals surface area (Å²) in [5, 5.41) is 10.6. The maximum atomic E-state index is 12.4. The molecular formula is C42H68O9. The highest BCUT2D eigenvalue weighted by molar-refractivity contribution is 5.82. The minimum Gasteiger partial charge on any atom is -0.463 e. The summed E-state index contributed by atoms with van der Waals surface area (Å²) in [7, 11) is 0. The molecule has 51 heavy (non-hydrogen) atoms. The van der Waals surface area contributed by atoms with E-state index >= 15 is 0 Å². The van der Waals surface area contributed by atoms with Crippen LogP contribution < -0.4 is 0 Å². The number of hydrogen-bond donors (Lipinski definition) is 1. The normalized spacial score (nSPS) is 37.4. The van der Waals surface area contributed by atoms with Crippen molar-refractivity contribution in [3.8, 4) is 0 Å². The van der Waals surface area contributed by atoms with Crippen molar-refractivity contribution in [3.63, 3.8) is 0 Å². The van der Waals surface area contributed by atoms with Crippen molar-refractivity contribution in [3.05, 3.63) is 0 Å². The second-order valence-electron chi connectivity index (χ2n) is 19.8. The van der Waals surface area contributed by atoms with Crippen molar-refractivity contribution >= 4 is 23.9 Å². The molecule has 1 saturated heterocycles. The Morgan fingerprint density at radius 2 is 1.04 bits per heavy atom. The van der Waals surface area contributed by atoms with Gasteiger partial charge in [0, 0.05) is 12.8 Å². The fourth-order valence-electron chi connectivity index (χ4n) is 10.4. The number of ether oxygens (including phenoxy) is 4. The molecule has 1 aliphatic heterocycles. The lowest BCUT2D eigenvalue weighted by Gasteiger charge is -2.59. The minimum absolute atomic E-state index is 0.0342. The molecule has 9 fully saturated rings. The van der Waals surface area contributed by atoms with Crippen LogP contribution in [0.4, 0.5) is 0 Å². The van der Waals surface area contributed by atoms with Gasteiger partial charge in [-0.15, -0.1) is 0 Å². The van der Waals surface area contributed by atoms with Crippen LogP contribution in [0.1, 0.15) is 165 Å². The summed E-state index contributed by atoms with van der Waals surface area (Å²) in [6.45, 7) is 17.9. The molecule has 1 N–H and O–H groups in total. The van der Waals surface area contributed by atoms with Crippen molar-refractivity contribution < 1.29 is 43.2 Å². The van der Waals surface area contributed by atoms with Crippen LogP contribution in [0.5, 0.6) is 0 Å². The first-order chi connectivity index (χ1) is 23.7. The average Bonchev–Trinajstić information content (AvgIpc) is 3.43. The SMILES string of the molecule is CCC(C)(C)C(=O)OC12CC3CC(CC(C3)C1)C2.CCC(C)(C)C(=O)OC12CC3CC(CC(O)(C3)C1)C2.CCC(C)(C)C(=O)OC1CCOC1=O. The van der Waals surface area contributed by atoms with E-state index in [1.807, 2.05) is 41.5 Å². The van der Waals surface area contributed by atoms with Crippen molar-refractivity contribution in [2.75, 3.05) is 6.61 Å². The maximum absolute atomic E-state index is 12.4. The highest BCUT2D eigenvalue weighted by atomic mass is 16.6. The van der Waals surface area contributed by atoms with Gasteiger partial charge >= 0.3 is 23.9 Å². The van der Waals surface area contributed by atoms with Gasteiger partial charge in [0.15, 0.2) is 0 Å². The predicted molar refractivity (Wildman–Crippen MR) is 193 cm³/mol. The van der Waals surface area contributed by atoms with E-state index in [9.17, 15) is 24.3 Å². The van der Waals surface area contributed by atoms with E-state index in [-0.39, 0.29) is 34.5 Å². The predicted octanol–water partition coefficient (Wildman–Crippen LogP) is 8.27. The lowest BCUT2D eigenvalue weighted by atomic mass is 9.52. The number of carbonyl (C=O) groups excluding carboxylic acids is 4.